The lowest BCUT2D eigenvalue weighted by atomic mass is 10.1. The topological polar surface area (TPSA) is 9.23 Å². The lowest BCUT2D eigenvalue weighted by Crippen LogP contribution is -2.01. The molecule has 0 saturated heterocycles. The molecule has 0 bridgehead atoms. The van der Waals surface area contributed by atoms with E-state index >= 15 is 0 Å². The van der Waals surface area contributed by atoms with E-state index in [4.69, 9.17) is 4.74 Å². The van der Waals surface area contributed by atoms with Crippen LogP contribution in [-0.4, -0.2) is 13.2 Å². The second-order valence-electron chi connectivity index (χ2n) is 4.20. The average Bonchev–Trinajstić information content (AvgIpc) is 2.23. The molecule has 0 N–H and O–H groups in total. The van der Waals surface area contributed by atoms with Crippen LogP contribution in [0.1, 0.15) is 52.4 Å². The molecule has 0 aromatic rings. The molecule has 0 aromatic heterocycles. The van der Waals surface area contributed by atoms with Crippen LogP contribution in [0.3, 0.4) is 0 Å². The Morgan fingerprint density at radius 3 is 1.60 bits per heavy atom. The number of unbranched alkanes of at least 4 members (excludes halogenated alkanes) is 2. The number of rotatable bonds is 10. The predicted octanol–water partition coefficient (Wildman–Crippen LogP) is 4.50. The Kier molecular flexibility index (Phi) is 9.60. The summed E-state index contributed by atoms with van der Waals surface area (Å²) in [7, 11) is 0. The van der Waals surface area contributed by atoms with Gasteiger partial charge >= 0.3 is 0 Å². The van der Waals surface area contributed by atoms with E-state index in [0.717, 1.165) is 12.8 Å². The van der Waals surface area contributed by atoms with E-state index < -0.39 is 0 Å². The van der Waals surface area contributed by atoms with Gasteiger partial charge in [-0.1, -0.05) is 51.0 Å². The first-order valence-corrected chi connectivity index (χ1v) is 6.11. The van der Waals surface area contributed by atoms with Gasteiger partial charge in [0.1, 0.15) is 0 Å². The molecule has 0 rings (SSSR count). The van der Waals surface area contributed by atoms with Crippen LogP contribution in [0, 0.1) is 0 Å². The minimum absolute atomic E-state index is 0.700. The molecule has 0 heterocycles. The van der Waals surface area contributed by atoms with E-state index in [-0.39, 0.29) is 0 Å². The monoisotopic (exact) mass is 210 g/mol. The Labute approximate surface area is 95.2 Å². The molecule has 0 aromatic carbocycles. The maximum atomic E-state index is 5.55. The summed E-state index contributed by atoms with van der Waals surface area (Å²) in [6.07, 6.45) is 7.08. The Morgan fingerprint density at radius 2 is 1.27 bits per heavy atom. The van der Waals surface area contributed by atoms with Crippen LogP contribution in [0.5, 0.6) is 0 Å². The molecule has 0 atom stereocenters. The van der Waals surface area contributed by atoms with Crippen molar-refractivity contribution in [1.29, 1.82) is 0 Å². The van der Waals surface area contributed by atoms with Crippen molar-refractivity contribution >= 4 is 0 Å². The zero-order valence-corrected chi connectivity index (χ0v) is 10.5. The molecule has 15 heavy (non-hydrogen) atoms. The zero-order valence-electron chi connectivity index (χ0n) is 10.5. The van der Waals surface area contributed by atoms with Crippen molar-refractivity contribution in [2.24, 2.45) is 0 Å². The number of hydrogen-bond donors (Lipinski definition) is 0. The summed E-state index contributed by atoms with van der Waals surface area (Å²) in [5.41, 5.74) is 2.42. The lowest BCUT2D eigenvalue weighted by molar-refractivity contribution is 0.175. The summed E-state index contributed by atoms with van der Waals surface area (Å²) < 4.78 is 5.55. The predicted molar refractivity (Wildman–Crippen MR) is 68.1 cm³/mol. The van der Waals surface area contributed by atoms with Gasteiger partial charge in [-0.3, -0.25) is 0 Å². The summed E-state index contributed by atoms with van der Waals surface area (Å²) in [4.78, 5) is 0. The zero-order chi connectivity index (χ0) is 11.5. The third-order valence-corrected chi connectivity index (χ3v) is 2.38. The van der Waals surface area contributed by atoms with E-state index in [9.17, 15) is 0 Å². The fourth-order valence-corrected chi connectivity index (χ4v) is 1.34. The molecule has 0 aliphatic heterocycles. The molecule has 0 saturated carbocycles. The van der Waals surface area contributed by atoms with Crippen molar-refractivity contribution in [3.05, 3.63) is 24.3 Å². The largest absolute Gasteiger partial charge is 0.373 e. The molecule has 0 radical (unpaired) electrons. The maximum Gasteiger partial charge on any atom is 0.0678 e. The van der Waals surface area contributed by atoms with Gasteiger partial charge in [-0.05, 0) is 25.7 Å². The number of ether oxygens (including phenoxy) is 1. The average molecular weight is 210 g/mol. The van der Waals surface area contributed by atoms with Gasteiger partial charge in [-0.15, -0.1) is 0 Å². The van der Waals surface area contributed by atoms with Gasteiger partial charge in [0.25, 0.3) is 0 Å². The smallest absolute Gasteiger partial charge is 0.0678 e. The highest BCUT2D eigenvalue weighted by atomic mass is 16.5. The van der Waals surface area contributed by atoms with Crippen LogP contribution in [0.2, 0.25) is 0 Å². The minimum Gasteiger partial charge on any atom is -0.373 e. The first-order chi connectivity index (χ1) is 7.20. The van der Waals surface area contributed by atoms with Gasteiger partial charge in [0.15, 0.2) is 0 Å². The highest BCUT2D eigenvalue weighted by Crippen LogP contribution is 2.08. The minimum atomic E-state index is 0.700. The van der Waals surface area contributed by atoms with Crippen molar-refractivity contribution in [3.8, 4) is 0 Å². The van der Waals surface area contributed by atoms with Crippen LogP contribution in [0.4, 0.5) is 0 Å². The van der Waals surface area contributed by atoms with Gasteiger partial charge in [0.05, 0.1) is 13.2 Å². The van der Waals surface area contributed by atoms with E-state index in [2.05, 4.69) is 27.0 Å². The Bertz CT molecular complexity index is 162. The fraction of sp³-hybridized carbons (Fsp3) is 0.714. The van der Waals surface area contributed by atoms with Crippen LogP contribution in [0.25, 0.3) is 0 Å². The molecule has 0 fully saturated rings. The standard InChI is InChI=1S/C14H26O/c1-5-7-9-13(3)11-15-12-14(4)10-8-6-2/h3-12H2,1-2H3. The molecule has 1 nitrogen and oxygen atoms in total. The van der Waals surface area contributed by atoms with E-state index in [1.165, 1.54) is 36.8 Å². The molecule has 88 valence electrons. The molecule has 0 aliphatic rings. The van der Waals surface area contributed by atoms with Crippen molar-refractivity contribution < 1.29 is 4.74 Å². The first-order valence-electron chi connectivity index (χ1n) is 6.11. The second-order valence-corrected chi connectivity index (χ2v) is 4.20. The van der Waals surface area contributed by atoms with Crippen molar-refractivity contribution in [2.75, 3.05) is 13.2 Å². The van der Waals surface area contributed by atoms with E-state index in [0.29, 0.717) is 13.2 Å². The highest BCUT2D eigenvalue weighted by Gasteiger charge is 1.97. The summed E-state index contributed by atoms with van der Waals surface area (Å²) in [6.45, 7) is 13.8. The summed E-state index contributed by atoms with van der Waals surface area (Å²) in [6, 6.07) is 0. The molecule has 1 heteroatoms. The molecule has 0 amide bonds. The van der Waals surface area contributed by atoms with Crippen LogP contribution in [0.15, 0.2) is 24.3 Å². The number of hydrogen-bond acceptors (Lipinski definition) is 1. The lowest BCUT2D eigenvalue weighted by Gasteiger charge is -2.08. The van der Waals surface area contributed by atoms with Crippen molar-refractivity contribution in [1.82, 2.24) is 0 Å². The Morgan fingerprint density at radius 1 is 0.867 bits per heavy atom. The van der Waals surface area contributed by atoms with Crippen molar-refractivity contribution in [2.45, 2.75) is 52.4 Å². The summed E-state index contributed by atoms with van der Waals surface area (Å²) in [5, 5.41) is 0. The highest BCUT2D eigenvalue weighted by molar-refractivity contribution is 4.97. The fourth-order valence-electron chi connectivity index (χ4n) is 1.34. The third-order valence-electron chi connectivity index (χ3n) is 2.38. The first kappa shape index (κ1) is 14.4. The quantitative estimate of drug-likeness (QED) is 0.482. The molecular formula is C14H26O. The second kappa shape index (κ2) is 9.97. The van der Waals surface area contributed by atoms with Crippen LogP contribution in [-0.2, 0) is 4.74 Å². The molecular weight excluding hydrogens is 184 g/mol. The van der Waals surface area contributed by atoms with Crippen molar-refractivity contribution in [3.63, 3.8) is 0 Å². The summed E-state index contributed by atoms with van der Waals surface area (Å²) in [5.74, 6) is 0. The van der Waals surface area contributed by atoms with Gasteiger partial charge in [0.2, 0.25) is 0 Å². The summed E-state index contributed by atoms with van der Waals surface area (Å²) >= 11 is 0. The van der Waals surface area contributed by atoms with Gasteiger partial charge in [-0.25, -0.2) is 0 Å². The van der Waals surface area contributed by atoms with Crippen LogP contribution < -0.4 is 0 Å². The third kappa shape index (κ3) is 9.74. The maximum absolute atomic E-state index is 5.55. The van der Waals surface area contributed by atoms with E-state index in [1.807, 2.05) is 0 Å². The SMILES string of the molecule is C=C(CCCC)COCC(=C)CCCC. The molecule has 0 unspecified atom stereocenters. The van der Waals surface area contributed by atoms with Crippen LogP contribution >= 0.6 is 0 Å². The Hall–Kier alpha value is -0.560. The van der Waals surface area contributed by atoms with Gasteiger partial charge < -0.3 is 4.74 Å². The normalized spacial score (nSPS) is 10.3. The molecule has 0 aliphatic carbocycles. The molecule has 0 spiro atoms. The van der Waals surface area contributed by atoms with Gasteiger partial charge in [-0.2, -0.15) is 0 Å². The van der Waals surface area contributed by atoms with E-state index in [1.54, 1.807) is 0 Å². The van der Waals surface area contributed by atoms with Gasteiger partial charge in [0, 0.05) is 0 Å². The Balaban J connectivity index is 3.36.